The summed E-state index contributed by atoms with van der Waals surface area (Å²) in [4.78, 5) is 13.6. The van der Waals surface area contributed by atoms with Crippen molar-refractivity contribution in [3.05, 3.63) is 0 Å². The van der Waals surface area contributed by atoms with Crippen LogP contribution >= 0.6 is 0 Å². The molecule has 0 radical (unpaired) electrons. The Balaban J connectivity index is 2.40. The van der Waals surface area contributed by atoms with Crippen LogP contribution in [0.25, 0.3) is 0 Å². The molecule has 0 spiro atoms. The first kappa shape index (κ1) is 13.5. The molecule has 0 aromatic rings. The molecule has 1 fully saturated rings. The molecular formula is C12H18N4O. The lowest BCUT2D eigenvalue weighted by molar-refractivity contribution is -0.131. The van der Waals surface area contributed by atoms with Crippen molar-refractivity contribution in [2.75, 3.05) is 19.6 Å². The third kappa shape index (κ3) is 4.84. The molecule has 0 saturated carbocycles. The van der Waals surface area contributed by atoms with E-state index >= 15 is 0 Å². The van der Waals surface area contributed by atoms with Gasteiger partial charge in [0.25, 0.3) is 0 Å². The lowest BCUT2D eigenvalue weighted by Gasteiger charge is -2.22. The Kier molecular flexibility index (Phi) is 6.06. The van der Waals surface area contributed by atoms with Crippen LogP contribution < -0.4 is 5.32 Å². The van der Waals surface area contributed by atoms with Crippen LogP contribution in [0.3, 0.4) is 0 Å². The van der Waals surface area contributed by atoms with Crippen LogP contribution in [0, 0.1) is 22.7 Å². The third-order valence-electron chi connectivity index (χ3n) is 2.92. The van der Waals surface area contributed by atoms with Gasteiger partial charge in [0.15, 0.2) is 0 Å². The van der Waals surface area contributed by atoms with Gasteiger partial charge in [0.1, 0.15) is 0 Å². The fourth-order valence-corrected chi connectivity index (χ4v) is 2.00. The van der Waals surface area contributed by atoms with Crippen LogP contribution in [-0.4, -0.2) is 36.5 Å². The summed E-state index contributed by atoms with van der Waals surface area (Å²) in [7, 11) is 0. The fraction of sp³-hybridized carbons (Fsp3) is 0.750. The molecule has 0 aliphatic carbocycles. The molecule has 1 atom stereocenters. The topological polar surface area (TPSA) is 79.9 Å². The number of nitrogens with zero attached hydrogens (tertiary/aromatic N) is 3. The first-order valence-corrected chi connectivity index (χ1v) is 6.03. The summed E-state index contributed by atoms with van der Waals surface area (Å²) in [5.74, 6) is 0.0508. The van der Waals surface area contributed by atoms with E-state index < -0.39 is 0 Å². The molecule has 1 aliphatic rings. The molecule has 0 bridgehead atoms. The molecule has 5 heteroatoms. The second kappa shape index (κ2) is 7.65. The van der Waals surface area contributed by atoms with Crippen molar-refractivity contribution in [3.8, 4) is 12.1 Å². The minimum atomic E-state index is 0.0508. The molecular weight excluding hydrogens is 216 g/mol. The molecule has 1 heterocycles. The van der Waals surface area contributed by atoms with E-state index in [9.17, 15) is 4.79 Å². The lowest BCUT2D eigenvalue weighted by atomic mass is 10.1. The molecule has 0 aromatic carbocycles. The molecule has 1 rings (SSSR count). The number of hydrogen-bond donors (Lipinski definition) is 1. The average Bonchev–Trinajstić information content (AvgIpc) is 2.82. The number of carbonyl (C=O) groups is 1. The second-order valence-electron chi connectivity index (χ2n) is 4.19. The summed E-state index contributed by atoms with van der Waals surface area (Å²) in [6, 6.07) is 4.33. The van der Waals surface area contributed by atoms with Crippen molar-refractivity contribution >= 4 is 5.91 Å². The quantitative estimate of drug-likeness (QED) is 0.736. The zero-order valence-corrected chi connectivity index (χ0v) is 9.98. The molecule has 17 heavy (non-hydrogen) atoms. The maximum absolute atomic E-state index is 12.0. The Labute approximate surface area is 102 Å². The van der Waals surface area contributed by atoms with E-state index in [0.717, 1.165) is 19.4 Å². The molecule has 1 unspecified atom stereocenters. The van der Waals surface area contributed by atoms with Gasteiger partial charge in [0.05, 0.1) is 25.0 Å². The van der Waals surface area contributed by atoms with Gasteiger partial charge in [-0.1, -0.05) is 0 Å². The van der Waals surface area contributed by atoms with Gasteiger partial charge in [-0.25, -0.2) is 0 Å². The van der Waals surface area contributed by atoms with Crippen LogP contribution in [0.4, 0.5) is 0 Å². The van der Waals surface area contributed by atoms with E-state index in [4.69, 9.17) is 10.5 Å². The van der Waals surface area contributed by atoms with E-state index in [-0.39, 0.29) is 11.9 Å². The first-order chi connectivity index (χ1) is 8.27. The molecule has 0 aromatic heterocycles. The summed E-state index contributed by atoms with van der Waals surface area (Å²) in [6.45, 7) is 1.85. The number of rotatable bonds is 6. The number of nitrogens with one attached hydrogen (secondary N) is 1. The Hall–Kier alpha value is -1.59. The molecule has 1 N–H and O–H groups in total. The normalized spacial score (nSPS) is 18.4. The predicted octanol–water partition coefficient (Wildman–Crippen LogP) is 0.784. The molecule has 5 nitrogen and oxygen atoms in total. The van der Waals surface area contributed by atoms with Crippen LogP contribution in [0.5, 0.6) is 0 Å². The minimum absolute atomic E-state index is 0.0508. The number of carbonyl (C=O) groups excluding carboxylic acids is 1. The lowest BCUT2D eigenvalue weighted by Crippen LogP contribution is -2.37. The van der Waals surface area contributed by atoms with Crippen molar-refractivity contribution in [3.63, 3.8) is 0 Å². The minimum Gasteiger partial charge on any atom is -0.341 e. The van der Waals surface area contributed by atoms with Gasteiger partial charge in [-0.05, 0) is 19.4 Å². The predicted molar refractivity (Wildman–Crippen MR) is 62.7 cm³/mol. The fourth-order valence-electron chi connectivity index (χ4n) is 2.00. The van der Waals surface area contributed by atoms with Crippen LogP contribution in [0.1, 0.15) is 32.1 Å². The number of amides is 1. The summed E-state index contributed by atoms with van der Waals surface area (Å²) >= 11 is 0. The highest BCUT2D eigenvalue weighted by molar-refractivity contribution is 5.76. The van der Waals surface area contributed by atoms with Crippen molar-refractivity contribution in [2.24, 2.45) is 0 Å². The first-order valence-electron chi connectivity index (χ1n) is 6.03. The van der Waals surface area contributed by atoms with E-state index in [0.29, 0.717) is 32.4 Å². The van der Waals surface area contributed by atoms with Crippen molar-refractivity contribution < 1.29 is 4.79 Å². The Morgan fingerprint density at radius 1 is 1.29 bits per heavy atom. The Morgan fingerprint density at radius 2 is 1.94 bits per heavy atom. The van der Waals surface area contributed by atoms with Crippen molar-refractivity contribution in [2.45, 2.75) is 38.1 Å². The SMILES string of the molecule is N#CCCN(CCC#N)C(=O)CC1CCCN1. The Morgan fingerprint density at radius 3 is 2.41 bits per heavy atom. The van der Waals surface area contributed by atoms with Crippen molar-refractivity contribution in [1.29, 1.82) is 10.5 Å². The molecule has 1 amide bonds. The number of hydrogen-bond acceptors (Lipinski definition) is 4. The van der Waals surface area contributed by atoms with E-state index in [2.05, 4.69) is 5.32 Å². The molecule has 1 aliphatic heterocycles. The zero-order chi connectivity index (χ0) is 12.5. The second-order valence-corrected chi connectivity index (χ2v) is 4.19. The summed E-state index contributed by atoms with van der Waals surface area (Å²) in [5, 5.41) is 20.4. The molecule has 1 saturated heterocycles. The average molecular weight is 234 g/mol. The van der Waals surface area contributed by atoms with Gasteiger partial charge in [-0.2, -0.15) is 10.5 Å². The van der Waals surface area contributed by atoms with Gasteiger partial charge in [0.2, 0.25) is 5.91 Å². The highest BCUT2D eigenvalue weighted by Gasteiger charge is 2.21. The van der Waals surface area contributed by atoms with E-state index in [1.54, 1.807) is 4.90 Å². The summed E-state index contributed by atoms with van der Waals surface area (Å²) in [6.07, 6.45) is 3.30. The Bertz CT molecular complexity index is 304. The van der Waals surface area contributed by atoms with Gasteiger partial charge in [-0.3, -0.25) is 4.79 Å². The van der Waals surface area contributed by atoms with Crippen LogP contribution in [0.15, 0.2) is 0 Å². The molecule has 92 valence electrons. The monoisotopic (exact) mass is 234 g/mol. The zero-order valence-electron chi connectivity index (χ0n) is 9.98. The van der Waals surface area contributed by atoms with E-state index in [1.807, 2.05) is 12.1 Å². The standard InChI is InChI=1S/C12H18N4O/c13-5-2-8-16(9-3-6-14)12(17)10-11-4-1-7-15-11/h11,15H,1-4,7-10H2. The number of nitriles is 2. The summed E-state index contributed by atoms with van der Waals surface area (Å²) < 4.78 is 0. The van der Waals surface area contributed by atoms with Gasteiger partial charge < -0.3 is 10.2 Å². The highest BCUT2D eigenvalue weighted by atomic mass is 16.2. The van der Waals surface area contributed by atoms with Gasteiger partial charge in [-0.15, -0.1) is 0 Å². The third-order valence-corrected chi connectivity index (χ3v) is 2.92. The van der Waals surface area contributed by atoms with Crippen LogP contribution in [0.2, 0.25) is 0 Å². The van der Waals surface area contributed by atoms with Crippen LogP contribution in [-0.2, 0) is 4.79 Å². The van der Waals surface area contributed by atoms with Crippen molar-refractivity contribution in [1.82, 2.24) is 10.2 Å². The maximum Gasteiger partial charge on any atom is 0.224 e. The smallest absolute Gasteiger partial charge is 0.224 e. The van der Waals surface area contributed by atoms with E-state index in [1.165, 1.54) is 0 Å². The maximum atomic E-state index is 12.0. The van der Waals surface area contributed by atoms with Gasteiger partial charge >= 0.3 is 0 Å². The highest BCUT2D eigenvalue weighted by Crippen LogP contribution is 2.11. The van der Waals surface area contributed by atoms with Gasteiger partial charge in [0, 0.05) is 25.6 Å². The summed E-state index contributed by atoms with van der Waals surface area (Å²) in [5.41, 5.74) is 0. The largest absolute Gasteiger partial charge is 0.341 e.